The fraction of sp³-hybridized carbons (Fsp3) is 1.00. The van der Waals surface area contributed by atoms with E-state index in [0.29, 0.717) is 12.0 Å². The largest absolute Gasteiger partial charge is 0.377 e. The number of hydrogen-bond acceptors (Lipinski definition) is 4. The topological polar surface area (TPSA) is 41.7 Å². The number of rotatable bonds is 5. The summed E-state index contributed by atoms with van der Waals surface area (Å²) in [6, 6.07) is 0. The van der Waals surface area contributed by atoms with Gasteiger partial charge in [-0.25, -0.2) is 0 Å². The molecule has 0 aromatic carbocycles. The van der Waals surface area contributed by atoms with Crippen LogP contribution in [0.2, 0.25) is 0 Å². The Labute approximate surface area is 105 Å². The van der Waals surface area contributed by atoms with E-state index in [9.17, 15) is 0 Å². The molecule has 2 aliphatic heterocycles. The normalized spacial score (nSPS) is 29.6. The third kappa shape index (κ3) is 4.21. The first-order chi connectivity index (χ1) is 8.28. The first-order valence-electron chi connectivity index (χ1n) is 7.04. The van der Waals surface area contributed by atoms with E-state index < -0.39 is 0 Å². The highest BCUT2D eigenvalue weighted by Crippen LogP contribution is 2.14. The monoisotopic (exact) mass is 241 g/mol. The van der Waals surface area contributed by atoms with Crippen molar-refractivity contribution in [1.29, 1.82) is 0 Å². The highest BCUT2D eigenvalue weighted by molar-refractivity contribution is 4.77. The molecular formula is C13H27N3O. The molecule has 2 rings (SSSR count). The Morgan fingerprint density at radius 2 is 1.94 bits per heavy atom. The molecule has 0 spiro atoms. The minimum atomic E-state index is 0.504. The summed E-state index contributed by atoms with van der Waals surface area (Å²) in [5.74, 6) is 0.625. The van der Waals surface area contributed by atoms with Crippen molar-refractivity contribution in [2.24, 2.45) is 11.7 Å². The van der Waals surface area contributed by atoms with Crippen LogP contribution in [0.5, 0.6) is 0 Å². The number of nitrogens with zero attached hydrogens (tertiary/aromatic N) is 2. The number of ether oxygens (including phenoxy) is 1. The van der Waals surface area contributed by atoms with E-state index in [2.05, 4.69) is 16.7 Å². The Hall–Kier alpha value is -0.160. The maximum absolute atomic E-state index is 5.69. The Balaban J connectivity index is 1.63. The van der Waals surface area contributed by atoms with E-state index in [1.54, 1.807) is 0 Å². The van der Waals surface area contributed by atoms with Crippen LogP contribution in [0.3, 0.4) is 0 Å². The highest BCUT2D eigenvalue weighted by atomic mass is 16.5. The lowest BCUT2D eigenvalue weighted by Crippen LogP contribution is -2.49. The van der Waals surface area contributed by atoms with Crippen molar-refractivity contribution in [3.8, 4) is 0 Å². The molecule has 0 radical (unpaired) electrons. The van der Waals surface area contributed by atoms with Gasteiger partial charge in [0.05, 0.1) is 6.10 Å². The van der Waals surface area contributed by atoms with E-state index in [4.69, 9.17) is 10.5 Å². The van der Waals surface area contributed by atoms with E-state index in [1.807, 2.05) is 0 Å². The van der Waals surface area contributed by atoms with Crippen LogP contribution < -0.4 is 5.73 Å². The number of hydrogen-bond donors (Lipinski definition) is 1. The maximum Gasteiger partial charge on any atom is 0.0702 e. The summed E-state index contributed by atoms with van der Waals surface area (Å²) in [4.78, 5) is 5.10. The van der Waals surface area contributed by atoms with Crippen LogP contribution in [-0.2, 0) is 4.74 Å². The lowest BCUT2D eigenvalue weighted by Gasteiger charge is -2.36. The molecule has 2 heterocycles. The summed E-state index contributed by atoms with van der Waals surface area (Å²) in [5.41, 5.74) is 5.67. The van der Waals surface area contributed by atoms with E-state index in [1.165, 1.54) is 39.0 Å². The van der Waals surface area contributed by atoms with Crippen molar-refractivity contribution in [3.63, 3.8) is 0 Å². The molecule has 2 N–H and O–H groups in total. The Morgan fingerprint density at radius 3 is 2.53 bits per heavy atom. The molecule has 0 aliphatic carbocycles. The van der Waals surface area contributed by atoms with E-state index in [-0.39, 0.29) is 0 Å². The van der Waals surface area contributed by atoms with Gasteiger partial charge < -0.3 is 15.4 Å². The van der Waals surface area contributed by atoms with Crippen molar-refractivity contribution in [1.82, 2.24) is 9.80 Å². The second kappa shape index (κ2) is 6.69. The van der Waals surface area contributed by atoms with Gasteiger partial charge in [-0.1, -0.05) is 6.92 Å². The maximum atomic E-state index is 5.69. The summed E-state index contributed by atoms with van der Waals surface area (Å²) in [6.45, 7) is 11.1. The van der Waals surface area contributed by atoms with Crippen LogP contribution in [0, 0.1) is 5.92 Å². The molecule has 0 aromatic heterocycles. The van der Waals surface area contributed by atoms with Gasteiger partial charge in [-0.3, -0.25) is 4.90 Å². The number of nitrogens with two attached hydrogens (primary N) is 1. The van der Waals surface area contributed by atoms with Crippen molar-refractivity contribution in [3.05, 3.63) is 0 Å². The molecule has 4 heteroatoms. The molecule has 2 fully saturated rings. The molecule has 0 aromatic rings. The standard InChI is InChI=1S/C13H27N3O/c1-12(9-14)10-15-4-6-16(7-5-15)11-13-3-2-8-17-13/h12-13H,2-11,14H2,1H3. The number of piperazine rings is 1. The molecule has 2 saturated heterocycles. The predicted octanol–water partition coefficient (Wildman–Crippen LogP) is 0.378. The lowest BCUT2D eigenvalue weighted by atomic mass is 10.1. The second-order valence-corrected chi connectivity index (χ2v) is 5.58. The molecule has 2 aliphatic rings. The van der Waals surface area contributed by atoms with Crippen LogP contribution in [-0.4, -0.2) is 68.3 Å². The predicted molar refractivity (Wildman–Crippen MR) is 70.1 cm³/mol. The first kappa shape index (κ1) is 13.3. The van der Waals surface area contributed by atoms with Crippen molar-refractivity contribution >= 4 is 0 Å². The van der Waals surface area contributed by atoms with Gasteiger partial charge in [0, 0.05) is 45.9 Å². The molecule has 2 unspecified atom stereocenters. The van der Waals surface area contributed by atoms with E-state index in [0.717, 1.165) is 26.2 Å². The third-order valence-corrected chi connectivity index (χ3v) is 3.92. The molecule has 4 nitrogen and oxygen atoms in total. The van der Waals surface area contributed by atoms with Gasteiger partial charge in [-0.2, -0.15) is 0 Å². The Morgan fingerprint density at radius 1 is 1.24 bits per heavy atom. The highest BCUT2D eigenvalue weighted by Gasteiger charge is 2.23. The lowest BCUT2D eigenvalue weighted by molar-refractivity contribution is 0.0480. The van der Waals surface area contributed by atoms with Gasteiger partial charge in [-0.15, -0.1) is 0 Å². The molecule has 0 saturated carbocycles. The molecule has 17 heavy (non-hydrogen) atoms. The zero-order valence-electron chi connectivity index (χ0n) is 11.1. The fourth-order valence-electron chi connectivity index (χ4n) is 2.75. The van der Waals surface area contributed by atoms with E-state index >= 15 is 0 Å². The summed E-state index contributed by atoms with van der Waals surface area (Å²) in [5, 5.41) is 0. The fourth-order valence-corrected chi connectivity index (χ4v) is 2.75. The molecule has 0 bridgehead atoms. The Kier molecular flexibility index (Phi) is 5.22. The minimum absolute atomic E-state index is 0.504. The molecule has 0 amide bonds. The summed E-state index contributed by atoms with van der Waals surface area (Å²) in [6.07, 6.45) is 3.01. The van der Waals surface area contributed by atoms with Gasteiger partial charge in [0.1, 0.15) is 0 Å². The Bertz CT molecular complexity index is 211. The van der Waals surface area contributed by atoms with Gasteiger partial charge in [0.15, 0.2) is 0 Å². The SMILES string of the molecule is CC(CN)CN1CCN(CC2CCCO2)CC1. The second-order valence-electron chi connectivity index (χ2n) is 5.58. The van der Waals surface area contributed by atoms with Crippen molar-refractivity contribution in [2.75, 3.05) is 52.4 Å². The van der Waals surface area contributed by atoms with Crippen LogP contribution in [0.4, 0.5) is 0 Å². The molecule has 2 atom stereocenters. The van der Waals surface area contributed by atoms with Gasteiger partial charge in [0.25, 0.3) is 0 Å². The summed E-state index contributed by atoms with van der Waals surface area (Å²) in [7, 11) is 0. The van der Waals surface area contributed by atoms with Crippen LogP contribution in [0.25, 0.3) is 0 Å². The molecule has 100 valence electrons. The molecular weight excluding hydrogens is 214 g/mol. The minimum Gasteiger partial charge on any atom is -0.377 e. The van der Waals surface area contributed by atoms with Crippen LogP contribution in [0.1, 0.15) is 19.8 Å². The first-order valence-corrected chi connectivity index (χ1v) is 7.04. The van der Waals surface area contributed by atoms with Crippen molar-refractivity contribution in [2.45, 2.75) is 25.9 Å². The van der Waals surface area contributed by atoms with Gasteiger partial charge in [0.2, 0.25) is 0 Å². The summed E-state index contributed by atoms with van der Waals surface area (Å²) < 4.78 is 5.69. The average molecular weight is 241 g/mol. The van der Waals surface area contributed by atoms with Gasteiger partial charge >= 0.3 is 0 Å². The zero-order chi connectivity index (χ0) is 12.1. The quantitative estimate of drug-likeness (QED) is 0.755. The average Bonchev–Trinajstić information content (AvgIpc) is 2.84. The van der Waals surface area contributed by atoms with Crippen molar-refractivity contribution < 1.29 is 4.74 Å². The zero-order valence-corrected chi connectivity index (χ0v) is 11.1. The van der Waals surface area contributed by atoms with Crippen LogP contribution >= 0.6 is 0 Å². The van der Waals surface area contributed by atoms with Crippen LogP contribution in [0.15, 0.2) is 0 Å². The van der Waals surface area contributed by atoms with Gasteiger partial charge in [-0.05, 0) is 25.3 Å². The summed E-state index contributed by atoms with van der Waals surface area (Å²) >= 11 is 0. The smallest absolute Gasteiger partial charge is 0.0702 e. The third-order valence-electron chi connectivity index (χ3n) is 3.92.